The summed E-state index contributed by atoms with van der Waals surface area (Å²) in [6.07, 6.45) is -3.80. The van der Waals surface area contributed by atoms with Crippen molar-refractivity contribution in [3.8, 4) is 0 Å². The number of carbonyl (C=O) groups is 1. The Bertz CT molecular complexity index is 1400. The number of methoxy groups -OCH3 is 1. The lowest BCUT2D eigenvalue weighted by Crippen LogP contribution is -2.43. The van der Waals surface area contributed by atoms with Crippen molar-refractivity contribution in [3.63, 3.8) is 0 Å². The van der Waals surface area contributed by atoms with Gasteiger partial charge in [0.25, 0.3) is 0 Å². The van der Waals surface area contributed by atoms with Crippen LogP contribution >= 0.6 is 22.9 Å². The van der Waals surface area contributed by atoms with Crippen LogP contribution in [0.1, 0.15) is 38.0 Å². The highest BCUT2D eigenvalue weighted by molar-refractivity contribution is 7.16. The number of alkyl halides is 3. The normalized spacial score (nSPS) is 16.5. The third-order valence-electron chi connectivity index (χ3n) is 5.80. The quantitative estimate of drug-likeness (QED) is 0.175. The summed E-state index contributed by atoms with van der Waals surface area (Å²) in [5, 5.41) is 26.6. The van der Waals surface area contributed by atoms with E-state index in [1.807, 2.05) is 0 Å². The van der Waals surface area contributed by atoms with Gasteiger partial charge < -0.3 is 25.8 Å². The van der Waals surface area contributed by atoms with Gasteiger partial charge in [0.2, 0.25) is 0 Å². The monoisotopic (exact) mass is 553 g/mol. The van der Waals surface area contributed by atoms with Crippen LogP contribution < -0.4 is 10.6 Å². The van der Waals surface area contributed by atoms with Crippen molar-refractivity contribution < 1.29 is 33.1 Å². The van der Waals surface area contributed by atoms with Gasteiger partial charge in [0.05, 0.1) is 23.3 Å². The minimum absolute atomic E-state index is 0.0385. The van der Waals surface area contributed by atoms with Crippen molar-refractivity contribution in [2.75, 3.05) is 24.3 Å². The molecule has 2 aromatic heterocycles. The molecule has 3 aromatic rings. The summed E-state index contributed by atoms with van der Waals surface area (Å²) >= 11 is 7.27. The summed E-state index contributed by atoms with van der Waals surface area (Å²) in [6.45, 7) is 0.0858. The fourth-order valence-electron chi connectivity index (χ4n) is 4.18. The number of hydrogen-bond acceptors (Lipinski definition) is 10. The number of esters is 1. The third kappa shape index (κ3) is 4.79. The maximum absolute atomic E-state index is 13.2. The van der Waals surface area contributed by atoms with E-state index in [-0.39, 0.29) is 45.8 Å². The fraction of sp³-hybridized carbons (Fsp3) is 0.217. The first-order valence-corrected chi connectivity index (χ1v) is 11.8. The maximum atomic E-state index is 13.2. The van der Waals surface area contributed by atoms with Gasteiger partial charge in [-0.25, -0.2) is 9.78 Å². The first kappa shape index (κ1) is 26.2. The van der Waals surface area contributed by atoms with Crippen molar-refractivity contribution in [1.29, 1.82) is 0 Å². The molecule has 1 aliphatic heterocycles. The van der Waals surface area contributed by atoms with Crippen molar-refractivity contribution in [1.82, 2.24) is 4.98 Å². The molecule has 4 rings (SSSR count). The standard InChI is InChI=1S/C23H19ClF3N5O4S/c1-36-22(33)15-13-7-8-32(21-14(24)9-12(10-29-21)23(25,26)27)18(19(13)37-20(15)28)17(31-35)16(30-34)11-5-3-2-4-6-11/h2-6,9-10,18,34-35H,7-8,28H2,1H3/b30-16+,31-17+. The zero-order valence-corrected chi connectivity index (χ0v) is 20.6. The van der Waals surface area contributed by atoms with E-state index in [9.17, 15) is 28.4 Å². The number of benzene rings is 1. The van der Waals surface area contributed by atoms with Crippen LogP contribution in [0, 0.1) is 0 Å². The SMILES string of the molecule is COC(=O)c1c(N)sc2c1CCN(c1ncc(C(F)(F)F)cc1Cl)C2C(=N/O)/C(=N/O)c1ccccc1. The summed E-state index contributed by atoms with van der Waals surface area (Å²) in [6, 6.07) is 7.95. The number of aromatic nitrogens is 1. The number of halogens is 4. The lowest BCUT2D eigenvalue weighted by Gasteiger charge is -2.37. The molecular formula is C23H19ClF3N5O4S. The van der Waals surface area contributed by atoms with Crippen LogP contribution in [-0.2, 0) is 17.3 Å². The van der Waals surface area contributed by atoms with Crippen LogP contribution in [0.4, 0.5) is 24.0 Å². The number of rotatable bonds is 5. The largest absolute Gasteiger partial charge is 0.465 e. The van der Waals surface area contributed by atoms with Crippen molar-refractivity contribution in [2.24, 2.45) is 10.3 Å². The summed E-state index contributed by atoms with van der Waals surface area (Å²) in [5.74, 6) is -0.710. The van der Waals surface area contributed by atoms with Crippen molar-refractivity contribution >= 4 is 51.1 Å². The zero-order chi connectivity index (χ0) is 26.9. The fourth-order valence-corrected chi connectivity index (χ4v) is 5.68. The van der Waals surface area contributed by atoms with Gasteiger partial charge >= 0.3 is 12.1 Å². The summed E-state index contributed by atoms with van der Waals surface area (Å²) in [5.41, 5.74) is 5.84. The number of thiophene rings is 1. The minimum Gasteiger partial charge on any atom is -0.465 e. The predicted octanol–water partition coefficient (Wildman–Crippen LogP) is 5.00. The zero-order valence-electron chi connectivity index (χ0n) is 19.0. The van der Waals surface area contributed by atoms with E-state index in [1.54, 1.807) is 30.3 Å². The number of hydrogen-bond donors (Lipinski definition) is 3. The summed E-state index contributed by atoms with van der Waals surface area (Å²) < 4.78 is 44.6. The maximum Gasteiger partial charge on any atom is 0.417 e. The number of oxime groups is 2. The molecule has 0 saturated carbocycles. The van der Waals surface area contributed by atoms with Gasteiger partial charge in [-0.15, -0.1) is 11.3 Å². The Morgan fingerprint density at radius 2 is 1.97 bits per heavy atom. The number of anilines is 2. The molecule has 37 heavy (non-hydrogen) atoms. The molecule has 1 unspecified atom stereocenters. The van der Waals surface area contributed by atoms with Crippen LogP contribution in [0.3, 0.4) is 0 Å². The molecule has 3 heterocycles. The van der Waals surface area contributed by atoms with E-state index in [0.29, 0.717) is 22.2 Å². The van der Waals surface area contributed by atoms with Gasteiger partial charge in [-0.3, -0.25) is 0 Å². The minimum atomic E-state index is -4.66. The number of nitrogens with two attached hydrogens (primary N) is 1. The average molecular weight is 554 g/mol. The highest BCUT2D eigenvalue weighted by Crippen LogP contribution is 2.45. The van der Waals surface area contributed by atoms with Gasteiger partial charge in [0, 0.05) is 23.2 Å². The lowest BCUT2D eigenvalue weighted by molar-refractivity contribution is -0.137. The molecule has 1 atom stereocenters. The van der Waals surface area contributed by atoms with E-state index in [0.717, 1.165) is 17.4 Å². The van der Waals surface area contributed by atoms with E-state index < -0.39 is 23.8 Å². The molecule has 0 saturated heterocycles. The average Bonchev–Trinajstić information content (AvgIpc) is 3.22. The number of nitrogens with zero attached hydrogens (tertiary/aromatic N) is 4. The Kier molecular flexibility index (Phi) is 7.28. The van der Waals surface area contributed by atoms with E-state index in [4.69, 9.17) is 22.1 Å². The second-order valence-corrected chi connectivity index (χ2v) is 9.34. The molecule has 0 amide bonds. The Hall–Kier alpha value is -3.84. The van der Waals surface area contributed by atoms with E-state index in [1.165, 1.54) is 12.0 Å². The van der Waals surface area contributed by atoms with Crippen LogP contribution in [0.2, 0.25) is 5.02 Å². The number of fused-ring (bicyclic) bond motifs is 1. The van der Waals surface area contributed by atoms with Crippen LogP contribution in [0.15, 0.2) is 52.9 Å². The van der Waals surface area contributed by atoms with E-state index in [2.05, 4.69) is 15.3 Å². The topological polar surface area (TPSA) is 134 Å². The molecule has 1 aliphatic rings. The molecule has 4 N–H and O–H groups in total. The number of nitrogen functional groups attached to an aromatic ring is 1. The molecule has 0 spiro atoms. The first-order valence-electron chi connectivity index (χ1n) is 10.6. The molecule has 0 aliphatic carbocycles. The second kappa shape index (κ2) is 10.3. The molecule has 1 aromatic carbocycles. The number of ether oxygens (including phenoxy) is 1. The van der Waals surface area contributed by atoms with Crippen LogP contribution in [-0.4, -0.2) is 46.4 Å². The Morgan fingerprint density at radius 3 is 2.54 bits per heavy atom. The van der Waals surface area contributed by atoms with Gasteiger partial charge in [0.1, 0.15) is 28.3 Å². The first-order chi connectivity index (χ1) is 17.6. The Balaban J connectivity index is 1.93. The van der Waals surface area contributed by atoms with E-state index >= 15 is 0 Å². The summed E-state index contributed by atoms with van der Waals surface area (Å²) in [4.78, 5) is 18.4. The van der Waals surface area contributed by atoms with Crippen molar-refractivity contribution in [3.05, 3.63) is 74.7 Å². The molecule has 0 bridgehead atoms. The Morgan fingerprint density at radius 1 is 1.27 bits per heavy atom. The van der Waals surface area contributed by atoms with Crippen LogP contribution in [0.5, 0.6) is 0 Å². The molecule has 0 fully saturated rings. The number of carbonyl (C=O) groups excluding carboxylic acids is 1. The third-order valence-corrected chi connectivity index (χ3v) is 7.19. The van der Waals surface area contributed by atoms with Crippen molar-refractivity contribution in [2.45, 2.75) is 18.6 Å². The second-order valence-electron chi connectivity index (χ2n) is 7.85. The van der Waals surface area contributed by atoms with Gasteiger partial charge in [-0.05, 0) is 18.1 Å². The highest BCUT2D eigenvalue weighted by Gasteiger charge is 2.41. The highest BCUT2D eigenvalue weighted by atomic mass is 35.5. The number of pyridine rings is 1. The summed E-state index contributed by atoms with van der Waals surface area (Å²) in [7, 11) is 1.21. The lowest BCUT2D eigenvalue weighted by atomic mass is 9.91. The van der Waals surface area contributed by atoms with Crippen LogP contribution in [0.25, 0.3) is 0 Å². The molecule has 9 nitrogen and oxygen atoms in total. The smallest absolute Gasteiger partial charge is 0.417 e. The predicted molar refractivity (Wildman–Crippen MR) is 132 cm³/mol. The molecular weight excluding hydrogens is 535 g/mol. The molecule has 14 heteroatoms. The van der Waals surface area contributed by atoms with Gasteiger partial charge in [-0.2, -0.15) is 13.2 Å². The van der Waals surface area contributed by atoms with Gasteiger partial charge in [0.15, 0.2) is 0 Å². The van der Waals surface area contributed by atoms with Gasteiger partial charge in [-0.1, -0.05) is 52.2 Å². The molecule has 0 radical (unpaired) electrons. The Labute approximate surface area is 217 Å². The molecule has 194 valence electrons.